The van der Waals surface area contributed by atoms with Crippen molar-refractivity contribution < 1.29 is 19.0 Å². The molecule has 0 aliphatic carbocycles. The number of benzene rings is 4. The van der Waals surface area contributed by atoms with Gasteiger partial charge in [0.15, 0.2) is 16.3 Å². The fraction of sp³-hybridized carbons (Fsp3) is 0.194. The minimum atomic E-state index is -0.646. The zero-order valence-corrected chi connectivity index (χ0v) is 25.8. The quantitative estimate of drug-likeness (QED) is 0.208. The number of nitrogens with zero attached hydrogens (tertiary/aromatic N) is 2. The van der Waals surface area contributed by atoms with Crippen molar-refractivity contribution in [2.75, 3.05) is 13.7 Å². The van der Waals surface area contributed by atoms with E-state index in [1.54, 1.807) is 25.5 Å². The zero-order chi connectivity index (χ0) is 30.8. The van der Waals surface area contributed by atoms with E-state index in [1.165, 1.54) is 11.3 Å². The number of ether oxygens (including phenoxy) is 3. The summed E-state index contributed by atoms with van der Waals surface area (Å²) in [6.45, 7) is 6.16. The summed E-state index contributed by atoms with van der Waals surface area (Å²) in [5, 5.41) is 2.30. The number of aryl methyl sites for hydroxylation is 1. The summed E-state index contributed by atoms with van der Waals surface area (Å²) in [6.07, 6.45) is 1.82. The third kappa shape index (κ3) is 5.56. The molecule has 1 aliphatic rings. The minimum absolute atomic E-state index is 0.226. The van der Waals surface area contributed by atoms with Crippen LogP contribution in [0.4, 0.5) is 0 Å². The number of methoxy groups -OCH3 is 1. The van der Waals surface area contributed by atoms with Crippen LogP contribution in [0.25, 0.3) is 16.8 Å². The molecular formula is C36H32N2O5S. The molecule has 5 aromatic rings. The highest BCUT2D eigenvalue weighted by Gasteiger charge is 2.33. The molecule has 4 aromatic carbocycles. The van der Waals surface area contributed by atoms with Crippen LogP contribution in [0.3, 0.4) is 0 Å². The van der Waals surface area contributed by atoms with Gasteiger partial charge in [-0.05, 0) is 66.4 Å². The molecule has 0 bridgehead atoms. The number of hydrogen-bond donors (Lipinski definition) is 0. The molecule has 1 aliphatic heterocycles. The fourth-order valence-corrected chi connectivity index (χ4v) is 6.52. The standard InChI is InChI=1S/C36H32N2O5S/c1-5-42-35(40)32-23(3)37-36-38(33(32)26-16-13-22(2)14-17-26)34(39)31(44-36)20-24-15-18-29(30(19-24)41-4)43-21-27-11-8-10-25-9-6-7-12-28(25)27/h6-20,33H,5,21H2,1-4H3/b31-20-/t33-/m1/s1. The van der Waals surface area contributed by atoms with Crippen LogP contribution >= 0.6 is 11.3 Å². The van der Waals surface area contributed by atoms with Gasteiger partial charge in [-0.1, -0.05) is 89.7 Å². The lowest BCUT2D eigenvalue weighted by Crippen LogP contribution is -2.39. The molecule has 0 fully saturated rings. The number of thiazole rings is 1. The average molecular weight is 605 g/mol. The molecule has 8 heteroatoms. The number of carbonyl (C=O) groups excluding carboxylic acids is 1. The van der Waals surface area contributed by atoms with Crippen LogP contribution in [0.15, 0.2) is 106 Å². The van der Waals surface area contributed by atoms with Gasteiger partial charge in [0, 0.05) is 0 Å². The maximum Gasteiger partial charge on any atom is 0.338 e. The maximum atomic E-state index is 13.9. The lowest BCUT2D eigenvalue weighted by atomic mass is 9.95. The first-order valence-corrected chi connectivity index (χ1v) is 15.2. The summed E-state index contributed by atoms with van der Waals surface area (Å²) >= 11 is 1.29. The Labute approximate surface area is 259 Å². The van der Waals surface area contributed by atoms with E-state index in [-0.39, 0.29) is 12.2 Å². The predicted octanol–water partition coefficient (Wildman–Crippen LogP) is 5.85. The van der Waals surface area contributed by atoms with Gasteiger partial charge in [-0.3, -0.25) is 9.36 Å². The lowest BCUT2D eigenvalue weighted by molar-refractivity contribution is -0.139. The zero-order valence-electron chi connectivity index (χ0n) is 25.0. The van der Waals surface area contributed by atoms with Gasteiger partial charge in [0.2, 0.25) is 0 Å². The third-order valence-electron chi connectivity index (χ3n) is 7.66. The first kappa shape index (κ1) is 29.1. The van der Waals surface area contributed by atoms with E-state index in [9.17, 15) is 9.59 Å². The Morgan fingerprint density at radius 1 is 0.977 bits per heavy atom. The smallest absolute Gasteiger partial charge is 0.338 e. The highest BCUT2D eigenvalue weighted by atomic mass is 32.1. The van der Waals surface area contributed by atoms with E-state index in [2.05, 4.69) is 29.3 Å². The van der Waals surface area contributed by atoms with Gasteiger partial charge in [0.1, 0.15) is 6.61 Å². The van der Waals surface area contributed by atoms with E-state index >= 15 is 0 Å². The van der Waals surface area contributed by atoms with Crippen molar-refractivity contribution in [2.45, 2.75) is 33.4 Å². The Morgan fingerprint density at radius 2 is 1.75 bits per heavy atom. The van der Waals surface area contributed by atoms with Crippen molar-refractivity contribution in [2.24, 2.45) is 4.99 Å². The molecule has 222 valence electrons. The normalized spacial score (nSPS) is 14.7. The fourth-order valence-electron chi connectivity index (χ4n) is 5.47. The average Bonchev–Trinajstić information content (AvgIpc) is 3.33. The Hall–Kier alpha value is -4.95. The van der Waals surface area contributed by atoms with Crippen molar-refractivity contribution in [3.05, 3.63) is 138 Å². The summed E-state index contributed by atoms with van der Waals surface area (Å²) in [4.78, 5) is 32.2. The minimum Gasteiger partial charge on any atom is -0.493 e. The van der Waals surface area contributed by atoms with E-state index in [1.807, 2.05) is 73.7 Å². The van der Waals surface area contributed by atoms with E-state index in [0.717, 1.165) is 33.0 Å². The van der Waals surface area contributed by atoms with Gasteiger partial charge in [0.25, 0.3) is 5.56 Å². The second-order valence-electron chi connectivity index (χ2n) is 10.6. The topological polar surface area (TPSA) is 79.1 Å². The molecule has 0 saturated carbocycles. The number of fused-ring (bicyclic) bond motifs is 2. The molecule has 0 amide bonds. The number of aromatic nitrogens is 1. The molecule has 0 unspecified atom stereocenters. The number of allylic oxidation sites excluding steroid dienone is 1. The van der Waals surface area contributed by atoms with Gasteiger partial charge in [-0.25, -0.2) is 9.79 Å². The highest BCUT2D eigenvalue weighted by Crippen LogP contribution is 2.32. The van der Waals surface area contributed by atoms with Crippen molar-refractivity contribution in [1.82, 2.24) is 4.57 Å². The van der Waals surface area contributed by atoms with Crippen molar-refractivity contribution in [3.63, 3.8) is 0 Å². The van der Waals surface area contributed by atoms with Gasteiger partial charge >= 0.3 is 5.97 Å². The van der Waals surface area contributed by atoms with Crippen LogP contribution in [0.1, 0.15) is 42.1 Å². The molecular weight excluding hydrogens is 572 g/mol. The molecule has 1 aromatic heterocycles. The van der Waals surface area contributed by atoms with Crippen LogP contribution in [0, 0.1) is 6.92 Å². The molecule has 0 N–H and O–H groups in total. The molecule has 6 rings (SSSR count). The number of carbonyl (C=O) groups is 1. The van der Waals surface area contributed by atoms with Crippen LogP contribution in [0.2, 0.25) is 0 Å². The molecule has 0 saturated heterocycles. The van der Waals surface area contributed by atoms with Crippen LogP contribution < -0.4 is 24.4 Å². The Bertz CT molecular complexity index is 2080. The number of hydrogen-bond acceptors (Lipinski definition) is 7. The first-order valence-electron chi connectivity index (χ1n) is 14.4. The lowest BCUT2D eigenvalue weighted by Gasteiger charge is -2.24. The monoisotopic (exact) mass is 604 g/mol. The number of esters is 1. The Morgan fingerprint density at radius 3 is 2.52 bits per heavy atom. The van der Waals surface area contributed by atoms with Crippen molar-refractivity contribution in [1.29, 1.82) is 0 Å². The second-order valence-corrected chi connectivity index (χ2v) is 11.6. The van der Waals surface area contributed by atoms with Crippen LogP contribution in [0.5, 0.6) is 11.5 Å². The molecule has 2 heterocycles. The molecule has 0 radical (unpaired) electrons. The van der Waals surface area contributed by atoms with Gasteiger partial charge < -0.3 is 14.2 Å². The van der Waals surface area contributed by atoms with Crippen LogP contribution in [-0.2, 0) is 16.1 Å². The molecule has 1 atom stereocenters. The molecule has 7 nitrogen and oxygen atoms in total. The Kier molecular flexibility index (Phi) is 8.17. The third-order valence-corrected chi connectivity index (χ3v) is 8.64. The van der Waals surface area contributed by atoms with E-state index in [0.29, 0.717) is 38.7 Å². The van der Waals surface area contributed by atoms with Gasteiger partial charge in [0.05, 0.1) is 35.6 Å². The highest BCUT2D eigenvalue weighted by molar-refractivity contribution is 7.07. The second kappa shape index (κ2) is 12.3. The largest absolute Gasteiger partial charge is 0.493 e. The van der Waals surface area contributed by atoms with Gasteiger partial charge in [-0.15, -0.1) is 0 Å². The number of rotatable bonds is 8. The van der Waals surface area contributed by atoms with Crippen molar-refractivity contribution in [3.8, 4) is 11.5 Å². The van der Waals surface area contributed by atoms with E-state index in [4.69, 9.17) is 14.2 Å². The van der Waals surface area contributed by atoms with E-state index < -0.39 is 12.0 Å². The summed E-state index contributed by atoms with van der Waals surface area (Å²) in [5.74, 6) is 0.690. The Balaban J connectivity index is 1.36. The molecule has 44 heavy (non-hydrogen) atoms. The maximum absolute atomic E-state index is 13.9. The van der Waals surface area contributed by atoms with Gasteiger partial charge in [-0.2, -0.15) is 0 Å². The SMILES string of the molecule is CCOC(=O)C1=C(C)N=c2s/c(=C\c3ccc(OCc4cccc5ccccc45)c(OC)c3)c(=O)n2[C@@H]1c1ccc(C)cc1. The summed E-state index contributed by atoms with van der Waals surface area (Å²) in [6, 6.07) is 27.2. The molecule has 0 spiro atoms. The summed E-state index contributed by atoms with van der Waals surface area (Å²) in [5.41, 5.74) is 4.42. The van der Waals surface area contributed by atoms with Crippen LogP contribution in [-0.4, -0.2) is 24.3 Å². The summed E-state index contributed by atoms with van der Waals surface area (Å²) < 4.78 is 19.3. The summed E-state index contributed by atoms with van der Waals surface area (Å²) in [7, 11) is 1.60. The van der Waals surface area contributed by atoms with Crippen molar-refractivity contribution >= 4 is 34.2 Å². The predicted molar refractivity (Wildman–Crippen MR) is 173 cm³/mol. The first-order chi connectivity index (χ1) is 21.4.